The zero-order valence-electron chi connectivity index (χ0n) is 13.1. The van der Waals surface area contributed by atoms with E-state index >= 15 is 0 Å². The van der Waals surface area contributed by atoms with Crippen LogP contribution < -0.4 is 16.5 Å². The molecule has 0 aliphatic carbocycles. The Morgan fingerprint density at radius 1 is 1.04 bits per heavy atom. The highest BCUT2D eigenvalue weighted by molar-refractivity contribution is 5.91. The molecule has 0 spiro atoms. The summed E-state index contributed by atoms with van der Waals surface area (Å²) >= 11 is 0. The number of pyridine rings is 2. The highest BCUT2D eigenvalue weighted by Crippen LogP contribution is 2.20. The molecule has 0 aliphatic rings. The molecule has 5 N–H and O–H groups in total. The molecule has 0 radical (unpaired) electrons. The van der Waals surface area contributed by atoms with Crippen LogP contribution in [0, 0.1) is 5.41 Å². The minimum absolute atomic E-state index is 0.392. The van der Waals surface area contributed by atoms with E-state index in [1.807, 2.05) is 12.1 Å². The minimum Gasteiger partial charge on any atom is -0.384 e. The van der Waals surface area contributed by atoms with Crippen molar-refractivity contribution in [3.63, 3.8) is 0 Å². The summed E-state index contributed by atoms with van der Waals surface area (Å²) < 4.78 is 0. The Bertz CT molecular complexity index is 876. The normalized spacial score (nSPS) is 10.6. The number of nitrogen functional groups attached to an aromatic ring is 1. The molecule has 0 aromatic carbocycles. The fraction of sp³-hybridized carbons (Fsp3) is 0. The quantitative estimate of drug-likeness (QED) is 0.400. The molecule has 0 saturated carbocycles. The lowest BCUT2D eigenvalue weighted by Crippen LogP contribution is -2.05. The predicted molar refractivity (Wildman–Crippen MR) is 97.3 cm³/mol. The van der Waals surface area contributed by atoms with E-state index in [0.717, 1.165) is 11.8 Å². The van der Waals surface area contributed by atoms with E-state index in [4.69, 9.17) is 11.1 Å². The van der Waals surface area contributed by atoms with Crippen LogP contribution in [0.5, 0.6) is 0 Å². The molecule has 3 rings (SSSR count). The SMILES string of the molecule is N=Cc1c(N/N=C/c2ccc(N)nc2)ncnc1Nc1ccccn1. The van der Waals surface area contributed by atoms with Crippen molar-refractivity contribution in [2.45, 2.75) is 0 Å². The number of nitrogens with one attached hydrogen (secondary N) is 3. The summed E-state index contributed by atoms with van der Waals surface area (Å²) in [5.41, 5.74) is 9.58. The molecule has 0 aliphatic heterocycles. The smallest absolute Gasteiger partial charge is 0.160 e. The summed E-state index contributed by atoms with van der Waals surface area (Å²) in [5.74, 6) is 1.91. The lowest BCUT2D eigenvalue weighted by atomic mass is 10.3. The number of nitrogens with zero attached hydrogens (tertiary/aromatic N) is 5. The second kappa shape index (κ2) is 7.59. The van der Waals surface area contributed by atoms with E-state index in [1.54, 1.807) is 36.8 Å². The van der Waals surface area contributed by atoms with Crippen molar-refractivity contribution in [2.75, 3.05) is 16.5 Å². The molecule has 0 atom stereocenters. The molecular formula is C16H15N9. The topological polar surface area (TPSA) is 138 Å². The van der Waals surface area contributed by atoms with Gasteiger partial charge in [0.05, 0.1) is 11.8 Å². The summed E-state index contributed by atoms with van der Waals surface area (Å²) in [6.07, 6.45) is 7.37. The lowest BCUT2D eigenvalue weighted by molar-refractivity contribution is 1.13. The van der Waals surface area contributed by atoms with E-state index in [0.29, 0.717) is 28.8 Å². The average molecular weight is 333 g/mol. The standard InChI is InChI=1S/C16H15N9/c17-7-12-15(24-14-3-1-2-6-19-14)21-10-22-16(12)25-23-9-11-4-5-13(18)20-8-11/h1-10,17H,(H2,18,20)(H2,19,21,22,24,25)/b17-7?,23-9+. The van der Waals surface area contributed by atoms with E-state index in [2.05, 4.69) is 35.8 Å². The van der Waals surface area contributed by atoms with Gasteiger partial charge in [-0.05, 0) is 24.3 Å². The van der Waals surface area contributed by atoms with Crippen LogP contribution in [0.4, 0.5) is 23.3 Å². The van der Waals surface area contributed by atoms with Gasteiger partial charge in [-0.3, -0.25) is 5.43 Å². The summed E-state index contributed by atoms with van der Waals surface area (Å²) in [7, 11) is 0. The van der Waals surface area contributed by atoms with Crippen LogP contribution in [0.3, 0.4) is 0 Å². The molecule has 0 unspecified atom stereocenters. The maximum atomic E-state index is 7.63. The van der Waals surface area contributed by atoms with Crippen molar-refractivity contribution in [1.82, 2.24) is 19.9 Å². The van der Waals surface area contributed by atoms with Crippen molar-refractivity contribution in [2.24, 2.45) is 5.10 Å². The first kappa shape index (κ1) is 16.0. The lowest BCUT2D eigenvalue weighted by Gasteiger charge is -2.10. The van der Waals surface area contributed by atoms with Crippen LogP contribution in [0.15, 0.2) is 54.2 Å². The minimum atomic E-state index is 0.392. The van der Waals surface area contributed by atoms with Gasteiger partial charge >= 0.3 is 0 Å². The Hall–Kier alpha value is -3.88. The maximum Gasteiger partial charge on any atom is 0.160 e. The molecule has 124 valence electrons. The molecule has 0 bridgehead atoms. The van der Waals surface area contributed by atoms with Gasteiger partial charge in [-0.1, -0.05) is 6.07 Å². The van der Waals surface area contributed by atoms with Crippen LogP contribution in [0.25, 0.3) is 0 Å². The second-order valence-corrected chi connectivity index (χ2v) is 4.86. The Morgan fingerprint density at radius 3 is 2.64 bits per heavy atom. The first-order chi connectivity index (χ1) is 12.3. The Kier molecular flexibility index (Phi) is 4.86. The van der Waals surface area contributed by atoms with Gasteiger partial charge in [-0.25, -0.2) is 19.9 Å². The van der Waals surface area contributed by atoms with Crippen LogP contribution in [0.2, 0.25) is 0 Å². The summed E-state index contributed by atoms with van der Waals surface area (Å²) in [6.45, 7) is 0. The molecule has 0 fully saturated rings. The molecule has 25 heavy (non-hydrogen) atoms. The molecule has 0 amide bonds. The maximum absolute atomic E-state index is 7.63. The zero-order chi connectivity index (χ0) is 17.5. The van der Waals surface area contributed by atoms with Crippen molar-refractivity contribution < 1.29 is 0 Å². The van der Waals surface area contributed by atoms with Crippen LogP contribution in [0.1, 0.15) is 11.1 Å². The number of hydrogen-bond donors (Lipinski definition) is 4. The molecule has 3 aromatic heterocycles. The van der Waals surface area contributed by atoms with Gasteiger partial charge in [0.25, 0.3) is 0 Å². The molecule has 3 heterocycles. The van der Waals surface area contributed by atoms with Crippen molar-refractivity contribution in [1.29, 1.82) is 5.41 Å². The number of hydrazone groups is 1. The van der Waals surface area contributed by atoms with Gasteiger partial charge < -0.3 is 16.5 Å². The van der Waals surface area contributed by atoms with Crippen molar-refractivity contribution >= 4 is 35.7 Å². The molecule has 9 nitrogen and oxygen atoms in total. The molecule has 3 aromatic rings. The van der Waals surface area contributed by atoms with E-state index < -0.39 is 0 Å². The largest absolute Gasteiger partial charge is 0.384 e. The Morgan fingerprint density at radius 2 is 1.92 bits per heavy atom. The van der Waals surface area contributed by atoms with Gasteiger partial charge in [-0.15, -0.1) is 0 Å². The van der Waals surface area contributed by atoms with Crippen molar-refractivity contribution in [3.8, 4) is 0 Å². The molecule has 9 heteroatoms. The molecule has 0 saturated heterocycles. The van der Waals surface area contributed by atoms with Crippen molar-refractivity contribution in [3.05, 3.63) is 60.2 Å². The third-order valence-corrected chi connectivity index (χ3v) is 3.13. The number of anilines is 4. The fourth-order valence-electron chi connectivity index (χ4n) is 1.94. The first-order valence-electron chi connectivity index (χ1n) is 7.30. The average Bonchev–Trinajstić information content (AvgIpc) is 2.64. The van der Waals surface area contributed by atoms with E-state index in [1.165, 1.54) is 6.33 Å². The molecular weight excluding hydrogens is 318 g/mol. The third kappa shape index (κ3) is 4.10. The van der Waals surface area contributed by atoms with Crippen LogP contribution >= 0.6 is 0 Å². The summed E-state index contributed by atoms with van der Waals surface area (Å²) in [4.78, 5) is 16.4. The predicted octanol–water partition coefficient (Wildman–Crippen LogP) is 2.04. The highest BCUT2D eigenvalue weighted by Gasteiger charge is 2.09. The van der Waals surface area contributed by atoms with Gasteiger partial charge in [0.2, 0.25) is 0 Å². The second-order valence-electron chi connectivity index (χ2n) is 4.86. The number of rotatable bonds is 6. The first-order valence-corrected chi connectivity index (χ1v) is 7.30. The van der Waals surface area contributed by atoms with Gasteiger partial charge in [0, 0.05) is 24.2 Å². The Labute approximate surface area is 143 Å². The number of nitrogens with two attached hydrogens (primary N) is 1. The van der Waals surface area contributed by atoms with E-state index in [-0.39, 0.29) is 0 Å². The highest BCUT2D eigenvalue weighted by atomic mass is 15.3. The summed E-state index contributed by atoms with van der Waals surface area (Å²) in [5, 5.41) is 14.8. The monoisotopic (exact) mass is 333 g/mol. The Balaban J connectivity index is 1.78. The van der Waals surface area contributed by atoms with Gasteiger partial charge in [-0.2, -0.15) is 5.10 Å². The number of aromatic nitrogens is 4. The number of hydrogen-bond acceptors (Lipinski definition) is 9. The van der Waals surface area contributed by atoms with Crippen LogP contribution in [-0.4, -0.2) is 32.4 Å². The van der Waals surface area contributed by atoms with Gasteiger partial charge in [0.1, 0.15) is 23.8 Å². The van der Waals surface area contributed by atoms with Crippen LogP contribution in [-0.2, 0) is 0 Å². The van der Waals surface area contributed by atoms with Gasteiger partial charge in [0.15, 0.2) is 5.82 Å². The summed E-state index contributed by atoms with van der Waals surface area (Å²) in [6, 6.07) is 8.94. The zero-order valence-corrected chi connectivity index (χ0v) is 13.1. The fourth-order valence-corrected chi connectivity index (χ4v) is 1.94. The van der Waals surface area contributed by atoms with E-state index in [9.17, 15) is 0 Å². The third-order valence-electron chi connectivity index (χ3n) is 3.13.